The third-order valence-electron chi connectivity index (χ3n) is 0.230. The van der Waals surface area contributed by atoms with Gasteiger partial charge in [-0.05, 0) is 6.92 Å². The molecule has 5 heavy (non-hydrogen) atoms. The minimum absolute atomic E-state index is 0.171. The fraction of sp³-hybridized carbons (Fsp3) is 1.00. The van der Waals surface area contributed by atoms with Gasteiger partial charge < -0.3 is 0 Å². The maximum absolute atomic E-state index is 5.36. The van der Waals surface area contributed by atoms with Gasteiger partial charge >= 0.3 is 0 Å². The van der Waals surface area contributed by atoms with Crippen molar-refractivity contribution in [3.05, 3.63) is 0 Å². The van der Waals surface area contributed by atoms with Crippen molar-refractivity contribution >= 4 is 24.2 Å². The van der Waals surface area contributed by atoms with Gasteiger partial charge in [-0.2, -0.15) is 0 Å². The lowest BCUT2D eigenvalue weighted by atomic mass is 10.6. The summed E-state index contributed by atoms with van der Waals surface area (Å²) < 4.78 is 0. The Morgan fingerprint density at radius 3 is 2.20 bits per heavy atom. The van der Waals surface area contributed by atoms with Crippen LogP contribution < -0.4 is 0 Å². The first-order chi connectivity index (χ1) is 2.27. The Hall–Kier alpha value is 0.640. The van der Waals surface area contributed by atoms with E-state index in [1.54, 1.807) is 0 Å². The first-order valence-corrected chi connectivity index (χ1v) is 2.51. The first kappa shape index (κ1) is 5.64. The molecule has 0 N–H and O–H groups in total. The third kappa shape index (κ3) is 4.64. The maximum atomic E-state index is 5.36. The second-order valence-corrected chi connectivity index (χ2v) is 2.03. The maximum Gasteiger partial charge on any atom is 0.0406 e. The van der Waals surface area contributed by atoms with Crippen LogP contribution in [0.1, 0.15) is 6.92 Å². The summed E-state index contributed by atoms with van der Waals surface area (Å²) in [5, 5.41) is 0.171. The fourth-order valence-corrected chi connectivity index (χ4v) is 0. The van der Waals surface area contributed by atoms with E-state index in [0.717, 1.165) is 0 Å². The van der Waals surface area contributed by atoms with Crippen LogP contribution in [0.5, 0.6) is 0 Å². The van der Waals surface area contributed by atoms with Crippen molar-refractivity contribution in [1.29, 1.82) is 0 Å². The highest BCUT2D eigenvalue weighted by Gasteiger charge is 1.84. The first-order valence-electron chi connectivity index (χ1n) is 1.49. The van der Waals surface area contributed by atoms with E-state index in [2.05, 4.69) is 12.6 Å². The van der Waals surface area contributed by atoms with Crippen LogP contribution in [0.2, 0.25) is 0 Å². The molecule has 0 aliphatic carbocycles. The van der Waals surface area contributed by atoms with Crippen LogP contribution in [0.4, 0.5) is 0 Å². The van der Waals surface area contributed by atoms with Gasteiger partial charge in [0.15, 0.2) is 0 Å². The standard InChI is InChI=1S/C3H6ClS/c1-3(4)2-5/h3H,2H2,1H3. The van der Waals surface area contributed by atoms with Crippen LogP contribution in [0.15, 0.2) is 0 Å². The quantitative estimate of drug-likeness (QED) is 0.451. The predicted molar refractivity (Wildman–Crippen MR) is 27.8 cm³/mol. The lowest BCUT2D eigenvalue weighted by molar-refractivity contribution is 1.12. The summed E-state index contributed by atoms with van der Waals surface area (Å²) >= 11 is 9.90. The average molecular weight is 110 g/mol. The molecule has 0 heterocycles. The van der Waals surface area contributed by atoms with Crippen molar-refractivity contribution in [3.8, 4) is 0 Å². The molecule has 0 fully saturated rings. The largest absolute Gasteiger partial charge is 0.122 e. The van der Waals surface area contributed by atoms with Gasteiger partial charge in [-0.25, -0.2) is 0 Å². The summed E-state index contributed by atoms with van der Waals surface area (Å²) in [6.45, 7) is 1.88. The van der Waals surface area contributed by atoms with E-state index in [9.17, 15) is 0 Å². The van der Waals surface area contributed by atoms with Crippen molar-refractivity contribution in [2.75, 3.05) is 5.75 Å². The van der Waals surface area contributed by atoms with Crippen LogP contribution in [0.3, 0.4) is 0 Å². The van der Waals surface area contributed by atoms with Gasteiger partial charge in [-0.3, -0.25) is 0 Å². The highest BCUT2D eigenvalue weighted by Crippen LogP contribution is 1.92. The van der Waals surface area contributed by atoms with Crippen LogP contribution in [-0.4, -0.2) is 11.1 Å². The average Bonchev–Trinajstić information content (AvgIpc) is 1.38. The second kappa shape index (κ2) is 2.86. The Morgan fingerprint density at radius 1 is 2.00 bits per heavy atom. The Balaban J connectivity index is 2.54. The van der Waals surface area contributed by atoms with E-state index in [4.69, 9.17) is 11.6 Å². The van der Waals surface area contributed by atoms with Crippen molar-refractivity contribution in [3.63, 3.8) is 0 Å². The summed E-state index contributed by atoms with van der Waals surface area (Å²) in [7, 11) is 0. The van der Waals surface area contributed by atoms with Gasteiger partial charge in [0.25, 0.3) is 0 Å². The smallest absolute Gasteiger partial charge is 0.0406 e. The molecule has 1 radical (unpaired) electrons. The summed E-state index contributed by atoms with van der Waals surface area (Å²) in [6, 6.07) is 0. The Morgan fingerprint density at radius 2 is 2.20 bits per heavy atom. The SMILES string of the molecule is CC(Cl)C[S]. The van der Waals surface area contributed by atoms with Crippen molar-refractivity contribution in [1.82, 2.24) is 0 Å². The molecule has 1 atom stereocenters. The molecule has 2 heteroatoms. The molecule has 0 saturated carbocycles. The number of rotatable bonds is 1. The summed E-state index contributed by atoms with van der Waals surface area (Å²) in [5.74, 6) is 0.654. The van der Waals surface area contributed by atoms with Crippen LogP contribution in [-0.2, 0) is 0 Å². The highest BCUT2D eigenvalue weighted by molar-refractivity contribution is 7.80. The molecule has 0 aromatic carbocycles. The molecule has 0 bridgehead atoms. The summed E-state index contributed by atoms with van der Waals surface area (Å²) in [5.41, 5.74) is 0. The van der Waals surface area contributed by atoms with E-state index >= 15 is 0 Å². The van der Waals surface area contributed by atoms with E-state index in [1.807, 2.05) is 6.92 Å². The summed E-state index contributed by atoms with van der Waals surface area (Å²) in [6.07, 6.45) is 0. The third-order valence-corrected chi connectivity index (χ3v) is 1.07. The Labute approximate surface area is 42.9 Å². The monoisotopic (exact) mass is 109 g/mol. The van der Waals surface area contributed by atoms with Gasteiger partial charge in [-0.15, -0.1) is 11.6 Å². The highest BCUT2D eigenvalue weighted by atomic mass is 35.5. The van der Waals surface area contributed by atoms with Gasteiger partial charge in [0.1, 0.15) is 0 Å². The molecule has 0 nitrogen and oxygen atoms in total. The molecule has 0 saturated heterocycles. The predicted octanol–water partition coefficient (Wildman–Crippen LogP) is 1.81. The molecule has 0 aromatic heterocycles. The second-order valence-electron chi connectivity index (χ2n) is 0.947. The van der Waals surface area contributed by atoms with Crippen LogP contribution in [0.25, 0.3) is 0 Å². The van der Waals surface area contributed by atoms with E-state index < -0.39 is 0 Å². The molecular weight excluding hydrogens is 104 g/mol. The van der Waals surface area contributed by atoms with Gasteiger partial charge in [0.05, 0.1) is 0 Å². The van der Waals surface area contributed by atoms with E-state index in [1.165, 1.54) is 0 Å². The van der Waals surface area contributed by atoms with Crippen molar-refractivity contribution < 1.29 is 0 Å². The number of hydrogen-bond acceptors (Lipinski definition) is 0. The van der Waals surface area contributed by atoms with Gasteiger partial charge in [-0.1, -0.05) is 12.6 Å². The minimum Gasteiger partial charge on any atom is -0.122 e. The van der Waals surface area contributed by atoms with Gasteiger partial charge in [0.2, 0.25) is 0 Å². The normalized spacial score (nSPS) is 15.0. The lowest BCUT2D eigenvalue weighted by Gasteiger charge is -1.85. The molecule has 0 rings (SSSR count). The molecule has 0 amide bonds. The van der Waals surface area contributed by atoms with E-state index in [-0.39, 0.29) is 5.38 Å². The lowest BCUT2D eigenvalue weighted by Crippen LogP contribution is -1.87. The molecule has 0 spiro atoms. The molecular formula is C3H6ClS. The fourth-order valence-electron chi connectivity index (χ4n) is 0. The topological polar surface area (TPSA) is 0 Å². The van der Waals surface area contributed by atoms with Crippen LogP contribution >= 0.6 is 24.2 Å². The Bertz CT molecular complexity index is 20.9. The van der Waals surface area contributed by atoms with Crippen LogP contribution in [0, 0.1) is 0 Å². The molecule has 31 valence electrons. The molecule has 0 aliphatic heterocycles. The number of hydrogen-bond donors (Lipinski definition) is 0. The van der Waals surface area contributed by atoms with Crippen molar-refractivity contribution in [2.45, 2.75) is 12.3 Å². The zero-order valence-corrected chi connectivity index (χ0v) is 4.64. The minimum atomic E-state index is 0.171. The number of halogens is 1. The van der Waals surface area contributed by atoms with Gasteiger partial charge in [0, 0.05) is 11.1 Å². The molecule has 1 unspecified atom stereocenters. The Kier molecular flexibility index (Phi) is 3.22. The molecule has 0 aliphatic rings. The zero-order valence-electron chi connectivity index (χ0n) is 3.07. The summed E-state index contributed by atoms with van der Waals surface area (Å²) in [4.78, 5) is 0. The van der Waals surface area contributed by atoms with Crippen molar-refractivity contribution in [2.24, 2.45) is 0 Å². The van der Waals surface area contributed by atoms with E-state index in [0.29, 0.717) is 5.75 Å². The molecule has 0 aromatic rings. The number of alkyl halides is 1. The zero-order chi connectivity index (χ0) is 4.28.